The smallest absolute Gasteiger partial charge is 0.261 e. The Morgan fingerprint density at radius 3 is 2.64 bits per heavy atom. The van der Waals surface area contributed by atoms with E-state index in [-0.39, 0.29) is 28.9 Å². The average Bonchev–Trinajstić information content (AvgIpc) is 2.84. The summed E-state index contributed by atoms with van der Waals surface area (Å²) in [6.07, 6.45) is 5.69. The second kappa shape index (κ2) is 7.64. The number of carbonyl (C=O) groups is 1. The summed E-state index contributed by atoms with van der Waals surface area (Å²) in [6, 6.07) is 7.55. The molecule has 1 aliphatic rings. The van der Waals surface area contributed by atoms with Gasteiger partial charge in [0.15, 0.2) is 0 Å². The summed E-state index contributed by atoms with van der Waals surface area (Å²) in [4.78, 5) is 27.9. The van der Waals surface area contributed by atoms with E-state index < -0.39 is 0 Å². The zero-order valence-corrected chi connectivity index (χ0v) is 14.4. The topological polar surface area (TPSA) is 62.0 Å². The number of benzene rings is 1. The third kappa shape index (κ3) is 3.98. The first-order valence-electron chi connectivity index (χ1n) is 8.90. The van der Waals surface area contributed by atoms with E-state index in [0.717, 1.165) is 48.9 Å². The van der Waals surface area contributed by atoms with Crippen molar-refractivity contribution in [1.82, 2.24) is 10.3 Å². The van der Waals surface area contributed by atoms with Crippen molar-refractivity contribution in [2.45, 2.75) is 51.5 Å². The molecule has 2 aromatic rings. The first-order chi connectivity index (χ1) is 12.1. The number of halogens is 1. The normalized spacial score (nSPS) is 15.1. The van der Waals surface area contributed by atoms with Crippen molar-refractivity contribution in [1.29, 1.82) is 0 Å². The number of aromatic nitrogens is 1. The van der Waals surface area contributed by atoms with E-state index in [9.17, 15) is 14.0 Å². The minimum absolute atomic E-state index is 0.154. The summed E-state index contributed by atoms with van der Waals surface area (Å²) in [5.74, 6) is -0.698. The van der Waals surface area contributed by atoms with Gasteiger partial charge in [-0.1, -0.05) is 25.5 Å². The Morgan fingerprint density at radius 1 is 1.20 bits per heavy atom. The molecule has 1 aromatic heterocycles. The zero-order chi connectivity index (χ0) is 17.8. The van der Waals surface area contributed by atoms with Crippen molar-refractivity contribution < 1.29 is 9.18 Å². The van der Waals surface area contributed by atoms with Gasteiger partial charge in [0.25, 0.3) is 11.5 Å². The molecule has 4 nitrogen and oxygen atoms in total. The molecule has 1 aliphatic carbocycles. The van der Waals surface area contributed by atoms with E-state index in [4.69, 9.17) is 0 Å². The van der Waals surface area contributed by atoms with Gasteiger partial charge in [-0.15, -0.1) is 0 Å². The molecule has 3 rings (SSSR count). The largest absolute Gasteiger partial charge is 0.345 e. The quantitative estimate of drug-likeness (QED) is 0.833. The van der Waals surface area contributed by atoms with Crippen LogP contribution in [0.2, 0.25) is 0 Å². The predicted octanol–water partition coefficient (Wildman–Crippen LogP) is 3.66. The van der Waals surface area contributed by atoms with Gasteiger partial charge in [0, 0.05) is 5.69 Å². The molecule has 25 heavy (non-hydrogen) atoms. The van der Waals surface area contributed by atoms with Gasteiger partial charge in [-0.25, -0.2) is 4.39 Å². The molecule has 1 aromatic carbocycles. The van der Waals surface area contributed by atoms with Crippen molar-refractivity contribution in [2.24, 2.45) is 0 Å². The van der Waals surface area contributed by atoms with Gasteiger partial charge in [0.05, 0.1) is 6.04 Å². The van der Waals surface area contributed by atoms with Crippen LogP contribution in [0.5, 0.6) is 0 Å². The Hall–Kier alpha value is -2.43. The van der Waals surface area contributed by atoms with Crippen molar-refractivity contribution in [3.8, 4) is 0 Å². The van der Waals surface area contributed by atoms with Crippen LogP contribution in [0, 0.1) is 5.82 Å². The Balaban J connectivity index is 1.83. The third-order valence-corrected chi connectivity index (χ3v) is 4.82. The molecule has 1 atom stereocenters. The molecule has 0 saturated carbocycles. The molecule has 0 unspecified atom stereocenters. The fourth-order valence-electron chi connectivity index (χ4n) is 3.37. The number of nitrogens with one attached hydrogen (secondary N) is 2. The van der Waals surface area contributed by atoms with E-state index in [1.165, 1.54) is 12.1 Å². The number of rotatable bonds is 4. The van der Waals surface area contributed by atoms with Crippen LogP contribution in [0.15, 0.2) is 35.1 Å². The number of hydrogen-bond donors (Lipinski definition) is 2. The van der Waals surface area contributed by atoms with Crippen LogP contribution in [-0.2, 0) is 12.8 Å². The lowest BCUT2D eigenvalue weighted by Gasteiger charge is -2.18. The summed E-state index contributed by atoms with van der Waals surface area (Å²) in [5, 5.41) is 2.90. The molecular weight excluding hydrogens is 319 g/mol. The fraction of sp³-hybridized carbons (Fsp3) is 0.400. The minimum atomic E-state index is -0.385. The summed E-state index contributed by atoms with van der Waals surface area (Å²) >= 11 is 0. The fourth-order valence-corrected chi connectivity index (χ4v) is 3.37. The molecule has 1 heterocycles. The van der Waals surface area contributed by atoms with Gasteiger partial charge in [0.2, 0.25) is 0 Å². The van der Waals surface area contributed by atoms with E-state index in [0.29, 0.717) is 6.42 Å². The molecule has 2 N–H and O–H groups in total. The highest BCUT2D eigenvalue weighted by Crippen LogP contribution is 2.20. The highest BCUT2D eigenvalue weighted by molar-refractivity contribution is 5.94. The van der Waals surface area contributed by atoms with Crippen molar-refractivity contribution >= 4 is 5.91 Å². The average molecular weight is 342 g/mol. The highest BCUT2D eigenvalue weighted by Gasteiger charge is 2.19. The Morgan fingerprint density at radius 2 is 1.92 bits per heavy atom. The van der Waals surface area contributed by atoms with Crippen LogP contribution in [0.3, 0.4) is 0 Å². The molecule has 0 radical (unpaired) electrons. The number of fused-ring (bicyclic) bond motifs is 1. The molecule has 1 amide bonds. The van der Waals surface area contributed by atoms with Crippen molar-refractivity contribution in [3.63, 3.8) is 0 Å². The number of amides is 1. The predicted molar refractivity (Wildman–Crippen MR) is 95.2 cm³/mol. The minimum Gasteiger partial charge on any atom is -0.345 e. The summed E-state index contributed by atoms with van der Waals surface area (Å²) in [7, 11) is 0. The lowest BCUT2D eigenvalue weighted by Crippen LogP contribution is -2.33. The van der Waals surface area contributed by atoms with E-state index in [1.807, 2.05) is 6.92 Å². The molecule has 0 fully saturated rings. The molecular formula is C20H23FN2O2. The number of H-pyrrole nitrogens is 1. The maximum absolute atomic E-state index is 13.1. The third-order valence-electron chi connectivity index (χ3n) is 4.82. The van der Waals surface area contributed by atoms with Crippen LogP contribution >= 0.6 is 0 Å². The zero-order valence-electron chi connectivity index (χ0n) is 14.4. The van der Waals surface area contributed by atoms with Gasteiger partial charge in [-0.05, 0) is 61.4 Å². The maximum atomic E-state index is 13.1. The highest BCUT2D eigenvalue weighted by atomic mass is 19.1. The van der Waals surface area contributed by atoms with Crippen LogP contribution in [0.4, 0.5) is 4.39 Å². The van der Waals surface area contributed by atoms with Gasteiger partial charge in [-0.3, -0.25) is 9.59 Å². The second-order valence-electron chi connectivity index (χ2n) is 6.56. The maximum Gasteiger partial charge on any atom is 0.261 e. The number of aryl methyl sites for hydroxylation is 2. The van der Waals surface area contributed by atoms with Crippen LogP contribution in [-0.4, -0.2) is 10.9 Å². The SMILES string of the molecule is CC[C@H](NC(=O)c1cc2c([nH]c1=O)CCCCC2)c1ccc(F)cc1. The van der Waals surface area contributed by atoms with Crippen LogP contribution in [0.25, 0.3) is 0 Å². The van der Waals surface area contributed by atoms with Gasteiger partial charge < -0.3 is 10.3 Å². The van der Waals surface area contributed by atoms with E-state index >= 15 is 0 Å². The monoisotopic (exact) mass is 342 g/mol. The summed E-state index contributed by atoms with van der Waals surface area (Å²) < 4.78 is 13.1. The van der Waals surface area contributed by atoms with Gasteiger partial charge in [0.1, 0.15) is 11.4 Å². The molecule has 0 saturated heterocycles. The van der Waals surface area contributed by atoms with Gasteiger partial charge in [-0.2, -0.15) is 0 Å². The first kappa shape index (κ1) is 17.4. The Labute approximate surface area is 146 Å². The molecule has 132 valence electrons. The van der Waals surface area contributed by atoms with E-state index in [2.05, 4.69) is 10.3 Å². The molecule has 0 bridgehead atoms. The standard InChI is InChI=1S/C20H23FN2O2/c1-2-17(13-8-10-15(21)11-9-13)22-19(24)16-12-14-6-4-3-5-7-18(14)23-20(16)25/h8-12,17H,2-7H2,1H3,(H,22,24)(H,23,25)/t17-/m0/s1. The molecule has 0 spiro atoms. The Bertz CT molecular complexity index is 811. The van der Waals surface area contributed by atoms with Crippen LogP contribution < -0.4 is 10.9 Å². The number of hydrogen-bond acceptors (Lipinski definition) is 2. The Kier molecular flexibility index (Phi) is 5.31. The summed E-state index contributed by atoms with van der Waals surface area (Å²) in [6.45, 7) is 1.94. The van der Waals surface area contributed by atoms with Gasteiger partial charge >= 0.3 is 0 Å². The summed E-state index contributed by atoms with van der Waals surface area (Å²) in [5.41, 5.74) is 2.67. The lowest BCUT2D eigenvalue weighted by molar-refractivity contribution is 0.0934. The molecule has 0 aliphatic heterocycles. The molecule has 5 heteroatoms. The number of aromatic amines is 1. The number of carbonyl (C=O) groups excluding carboxylic acids is 1. The second-order valence-corrected chi connectivity index (χ2v) is 6.56. The first-order valence-corrected chi connectivity index (χ1v) is 8.90. The van der Waals surface area contributed by atoms with E-state index in [1.54, 1.807) is 18.2 Å². The van der Waals surface area contributed by atoms with Crippen molar-refractivity contribution in [2.75, 3.05) is 0 Å². The lowest BCUT2D eigenvalue weighted by atomic mass is 10.0. The van der Waals surface area contributed by atoms with Crippen molar-refractivity contribution in [3.05, 3.63) is 68.9 Å². The number of pyridine rings is 1. The van der Waals surface area contributed by atoms with Crippen LogP contribution in [0.1, 0.15) is 65.8 Å².